The molecule has 7 nitrogen and oxygen atoms in total. The molecule has 3 rings (SSSR count). The monoisotopic (exact) mass is 358 g/mol. The van der Waals surface area contributed by atoms with Crippen LogP contribution in [0, 0.1) is 5.92 Å². The maximum atomic E-state index is 11.3. The van der Waals surface area contributed by atoms with E-state index in [1.165, 1.54) is 0 Å². The first-order chi connectivity index (χ1) is 12.4. The van der Waals surface area contributed by atoms with Crippen LogP contribution in [-0.4, -0.2) is 47.7 Å². The van der Waals surface area contributed by atoms with Crippen LogP contribution in [-0.2, 0) is 11.2 Å². The molecule has 0 aromatic carbocycles. The maximum Gasteiger partial charge on any atom is 0.306 e. The van der Waals surface area contributed by atoms with Gasteiger partial charge in [-0.05, 0) is 25.8 Å². The molecule has 7 heteroatoms. The van der Waals surface area contributed by atoms with Crippen LogP contribution in [0.25, 0.3) is 11.5 Å². The van der Waals surface area contributed by atoms with Crippen molar-refractivity contribution in [2.45, 2.75) is 39.2 Å². The van der Waals surface area contributed by atoms with Crippen molar-refractivity contribution >= 4 is 17.5 Å². The first kappa shape index (κ1) is 18.2. The largest absolute Gasteiger partial charge is 0.481 e. The van der Waals surface area contributed by atoms with Gasteiger partial charge in [0.25, 0.3) is 0 Å². The predicted molar refractivity (Wildman–Crippen MR) is 101 cm³/mol. The Labute approximate surface area is 153 Å². The van der Waals surface area contributed by atoms with Crippen LogP contribution in [0.2, 0.25) is 0 Å². The Morgan fingerprint density at radius 1 is 1.38 bits per heavy atom. The number of carbonyl (C=O) groups is 1. The van der Waals surface area contributed by atoms with E-state index in [-0.39, 0.29) is 12.0 Å². The number of rotatable bonds is 5. The number of hydrogen-bond donors (Lipinski definition) is 1. The highest BCUT2D eigenvalue weighted by Gasteiger charge is 2.31. The molecule has 26 heavy (non-hydrogen) atoms. The van der Waals surface area contributed by atoms with Crippen molar-refractivity contribution in [1.82, 2.24) is 9.97 Å². The minimum absolute atomic E-state index is 0.121. The summed E-state index contributed by atoms with van der Waals surface area (Å²) in [5, 5.41) is 9.28. The van der Waals surface area contributed by atoms with Gasteiger partial charge in [0.2, 0.25) is 5.89 Å². The van der Waals surface area contributed by atoms with Crippen molar-refractivity contribution in [2.24, 2.45) is 5.92 Å². The fraction of sp³-hybridized carbons (Fsp3) is 0.526. The van der Waals surface area contributed by atoms with Crippen LogP contribution < -0.4 is 9.80 Å². The summed E-state index contributed by atoms with van der Waals surface area (Å²) in [6, 6.07) is 2.15. The number of oxazole rings is 1. The van der Waals surface area contributed by atoms with Gasteiger partial charge in [0, 0.05) is 39.3 Å². The van der Waals surface area contributed by atoms with Gasteiger partial charge in [-0.2, -0.15) is 0 Å². The van der Waals surface area contributed by atoms with Crippen LogP contribution >= 0.6 is 0 Å². The molecular formula is C19H26N4O3. The van der Waals surface area contributed by atoms with Gasteiger partial charge >= 0.3 is 5.97 Å². The zero-order valence-electron chi connectivity index (χ0n) is 15.8. The molecule has 0 saturated carbocycles. The molecule has 1 aliphatic rings. The molecule has 2 aromatic heterocycles. The van der Waals surface area contributed by atoms with E-state index in [2.05, 4.69) is 16.8 Å². The molecule has 0 aliphatic carbocycles. The predicted octanol–water partition coefficient (Wildman–Crippen LogP) is 3.05. The summed E-state index contributed by atoms with van der Waals surface area (Å²) in [6.07, 6.45) is 5.59. The van der Waals surface area contributed by atoms with Crippen LogP contribution in [0.3, 0.4) is 0 Å². The first-order valence-electron chi connectivity index (χ1n) is 9.02. The third-order valence-electron chi connectivity index (χ3n) is 4.98. The molecule has 1 saturated heterocycles. The molecule has 0 spiro atoms. The smallest absolute Gasteiger partial charge is 0.306 e. The lowest BCUT2D eigenvalue weighted by Gasteiger charge is -2.38. The van der Waals surface area contributed by atoms with Crippen molar-refractivity contribution in [3.8, 4) is 11.5 Å². The molecule has 3 heterocycles. The number of nitrogens with zero attached hydrogens (tertiary/aromatic N) is 4. The molecule has 0 bridgehead atoms. The highest BCUT2D eigenvalue weighted by molar-refractivity contribution is 5.74. The number of anilines is 2. The average Bonchev–Trinajstić information content (AvgIpc) is 3.10. The first-order valence-corrected chi connectivity index (χ1v) is 9.02. The van der Waals surface area contributed by atoms with Crippen LogP contribution in [0.1, 0.15) is 32.4 Å². The molecule has 2 aromatic rings. The van der Waals surface area contributed by atoms with Crippen molar-refractivity contribution in [1.29, 1.82) is 0 Å². The van der Waals surface area contributed by atoms with Gasteiger partial charge in [0.05, 0.1) is 23.4 Å². The van der Waals surface area contributed by atoms with Gasteiger partial charge in [-0.15, -0.1) is 0 Å². The van der Waals surface area contributed by atoms with Gasteiger partial charge in [-0.25, -0.2) is 9.97 Å². The molecule has 0 radical (unpaired) electrons. The quantitative estimate of drug-likeness (QED) is 0.879. The summed E-state index contributed by atoms with van der Waals surface area (Å²) >= 11 is 0. The normalized spacial score (nSPS) is 20.2. The summed E-state index contributed by atoms with van der Waals surface area (Å²) in [7, 11) is 3.96. The summed E-state index contributed by atoms with van der Waals surface area (Å²) in [5.41, 5.74) is 1.81. The summed E-state index contributed by atoms with van der Waals surface area (Å²) in [5.74, 6) is 1.31. The Kier molecular flexibility index (Phi) is 5.15. The Bertz CT molecular complexity index is 787. The third kappa shape index (κ3) is 3.52. The SMILES string of the molecule is CCc1cnc(-c2cnc(N3CCC(C(=O)O)CC3C)c(N(C)C)c2)o1. The lowest BCUT2D eigenvalue weighted by molar-refractivity contribution is -0.142. The van der Waals surface area contributed by atoms with Crippen molar-refractivity contribution < 1.29 is 14.3 Å². The van der Waals surface area contributed by atoms with Crippen molar-refractivity contribution in [3.63, 3.8) is 0 Å². The van der Waals surface area contributed by atoms with Gasteiger partial charge in [0.1, 0.15) is 5.76 Å². The molecule has 1 fully saturated rings. The highest BCUT2D eigenvalue weighted by atomic mass is 16.4. The second-order valence-corrected chi connectivity index (χ2v) is 7.05. The number of piperidine rings is 1. The minimum atomic E-state index is -0.705. The number of aryl methyl sites for hydroxylation is 1. The van der Waals surface area contributed by atoms with E-state index in [9.17, 15) is 9.90 Å². The molecule has 2 unspecified atom stereocenters. The second-order valence-electron chi connectivity index (χ2n) is 7.05. The number of carboxylic acids is 1. The number of hydrogen-bond acceptors (Lipinski definition) is 6. The van der Waals surface area contributed by atoms with Gasteiger partial charge in [-0.1, -0.05) is 6.92 Å². The highest BCUT2D eigenvalue weighted by Crippen LogP contribution is 2.35. The van der Waals surface area contributed by atoms with Crippen molar-refractivity contribution in [3.05, 3.63) is 24.2 Å². The molecule has 2 atom stereocenters. The Morgan fingerprint density at radius 3 is 2.73 bits per heavy atom. The van der Waals surface area contributed by atoms with Crippen LogP contribution in [0.4, 0.5) is 11.5 Å². The number of aliphatic carboxylic acids is 1. The van der Waals surface area contributed by atoms with Crippen LogP contribution in [0.15, 0.2) is 22.9 Å². The van der Waals surface area contributed by atoms with Gasteiger partial charge < -0.3 is 19.3 Å². The summed E-state index contributed by atoms with van der Waals surface area (Å²) in [4.78, 5) is 24.5. The Morgan fingerprint density at radius 2 is 2.15 bits per heavy atom. The van der Waals surface area contributed by atoms with E-state index in [0.29, 0.717) is 25.3 Å². The number of carboxylic acid groups (broad SMARTS) is 1. The maximum absolute atomic E-state index is 11.3. The average molecular weight is 358 g/mol. The van der Waals surface area contributed by atoms with E-state index < -0.39 is 5.97 Å². The standard InChI is InChI=1S/C19H26N4O3/c1-5-15-11-21-18(26-15)14-9-16(22(3)4)17(20-10-14)23-7-6-13(19(24)25)8-12(23)2/h9-13H,5-8H2,1-4H3,(H,24,25). The molecule has 1 N–H and O–H groups in total. The minimum Gasteiger partial charge on any atom is -0.481 e. The zero-order chi connectivity index (χ0) is 18.8. The van der Waals surface area contributed by atoms with E-state index in [1.54, 1.807) is 12.4 Å². The Balaban J connectivity index is 1.91. The van der Waals surface area contributed by atoms with E-state index in [4.69, 9.17) is 9.40 Å². The fourth-order valence-corrected chi connectivity index (χ4v) is 3.43. The molecule has 0 amide bonds. The Hall–Kier alpha value is -2.57. The number of aromatic nitrogens is 2. The third-order valence-corrected chi connectivity index (χ3v) is 4.98. The fourth-order valence-electron chi connectivity index (χ4n) is 3.43. The van der Waals surface area contributed by atoms with E-state index >= 15 is 0 Å². The summed E-state index contributed by atoms with van der Waals surface area (Å²) in [6.45, 7) is 4.77. The summed E-state index contributed by atoms with van der Waals surface area (Å²) < 4.78 is 5.75. The van der Waals surface area contributed by atoms with Gasteiger partial charge in [-0.3, -0.25) is 4.79 Å². The lowest BCUT2D eigenvalue weighted by atomic mass is 9.91. The van der Waals surface area contributed by atoms with E-state index in [0.717, 1.165) is 29.2 Å². The topological polar surface area (TPSA) is 82.7 Å². The van der Waals surface area contributed by atoms with Crippen LogP contribution in [0.5, 0.6) is 0 Å². The van der Waals surface area contributed by atoms with Gasteiger partial charge in [0.15, 0.2) is 5.82 Å². The van der Waals surface area contributed by atoms with E-state index in [1.807, 2.05) is 32.0 Å². The molecule has 1 aliphatic heterocycles. The molecule has 140 valence electrons. The van der Waals surface area contributed by atoms with Crippen molar-refractivity contribution in [2.75, 3.05) is 30.4 Å². The second kappa shape index (κ2) is 7.35. The number of pyridine rings is 1. The lowest BCUT2D eigenvalue weighted by Crippen LogP contribution is -2.43. The zero-order valence-corrected chi connectivity index (χ0v) is 15.8. The molecular weight excluding hydrogens is 332 g/mol.